The molecule has 1 fully saturated rings. The van der Waals surface area contributed by atoms with Gasteiger partial charge in [-0.05, 0) is 67.1 Å². The van der Waals surface area contributed by atoms with E-state index in [9.17, 15) is 4.79 Å². The summed E-state index contributed by atoms with van der Waals surface area (Å²) in [6.07, 6.45) is 2.89. The van der Waals surface area contributed by atoms with Crippen molar-refractivity contribution in [3.05, 3.63) is 92.5 Å². The topological polar surface area (TPSA) is 80.7 Å². The van der Waals surface area contributed by atoms with Gasteiger partial charge in [-0.15, -0.1) is 0 Å². The molecular weight excluding hydrogens is 721 g/mol. The fourth-order valence-electron chi connectivity index (χ4n) is 7.27. The fourth-order valence-corrected chi connectivity index (χ4v) is 9.32. The van der Waals surface area contributed by atoms with Gasteiger partial charge in [-0.2, -0.15) is 0 Å². The maximum atomic E-state index is 13.9. The summed E-state index contributed by atoms with van der Waals surface area (Å²) < 4.78 is 12.3. The minimum atomic E-state index is -1.87. The van der Waals surface area contributed by atoms with Gasteiger partial charge in [-0.3, -0.25) is 19.6 Å². The number of Topliss-reactive ketones (excluding diaryl/α,β-unsaturated/α-hetero) is 1. The molecule has 282 valence electrons. The molecule has 2 aromatic carbocycles. The Morgan fingerprint density at radius 2 is 1.70 bits per heavy atom. The number of pyridine rings is 1. The average molecular weight is 775 g/mol. The molecule has 1 saturated heterocycles. The number of likely N-dealkylation sites (tertiary alicyclic amines) is 1. The van der Waals surface area contributed by atoms with Gasteiger partial charge >= 0.3 is 0 Å². The summed E-state index contributed by atoms with van der Waals surface area (Å²) in [5.74, 6) is 1.12. The number of fused-ring (bicyclic) bond motifs is 1. The van der Waals surface area contributed by atoms with E-state index in [0.29, 0.717) is 46.3 Å². The molecule has 0 aliphatic carbocycles. The van der Waals surface area contributed by atoms with Crippen molar-refractivity contribution in [2.45, 2.75) is 91.7 Å². The van der Waals surface area contributed by atoms with E-state index in [0.717, 1.165) is 71.8 Å². The summed E-state index contributed by atoms with van der Waals surface area (Å²) in [6.45, 7) is 23.2. The SMILES string of the molecule is COc1nc(-c2cccc(-c3cccc(CC(=O)c4cc(C)c5c(n4)CN(CC(C)O[Si](C)(C)C(C)(C)C)CC5)c3Cl)c2Cl)cnc1CN1CC(C)C1. The van der Waals surface area contributed by atoms with Crippen LogP contribution in [0.1, 0.15) is 73.2 Å². The molecule has 0 N–H and O–H groups in total. The normalized spacial score (nSPS) is 16.3. The number of hydrogen-bond donors (Lipinski definition) is 0. The molecule has 1 unspecified atom stereocenters. The van der Waals surface area contributed by atoms with E-state index in [4.69, 9.17) is 47.3 Å². The predicted molar refractivity (Wildman–Crippen MR) is 218 cm³/mol. The molecule has 0 spiro atoms. The van der Waals surface area contributed by atoms with Gasteiger partial charge in [0, 0.05) is 62.4 Å². The Balaban J connectivity index is 1.19. The fraction of sp³-hybridized carbons (Fsp3) is 0.476. The largest absolute Gasteiger partial charge is 0.480 e. The summed E-state index contributed by atoms with van der Waals surface area (Å²) in [6, 6.07) is 13.4. The lowest BCUT2D eigenvalue weighted by molar-refractivity contribution is 0.0985. The van der Waals surface area contributed by atoms with E-state index in [1.165, 1.54) is 5.56 Å². The van der Waals surface area contributed by atoms with Crippen molar-refractivity contribution >= 4 is 37.3 Å². The first-order valence-electron chi connectivity index (χ1n) is 18.7. The van der Waals surface area contributed by atoms with Gasteiger partial charge < -0.3 is 9.16 Å². The number of halogens is 2. The molecule has 2 aliphatic heterocycles. The first kappa shape index (κ1) is 39.5. The standard InChI is InChI=1S/C42H53Cl2N5O3Si/c1-26-21-49(22-26)25-37-41(51-7)47-35(20-45-37)33-15-11-14-32(40(33)44)31-13-10-12-29(39(31)43)19-38(50)34-18-27(2)30-16-17-48(24-36(30)46-34)23-28(3)52-53(8,9)42(4,5)6/h10-15,18,20,26,28H,16-17,19,21-25H2,1-9H3. The van der Waals surface area contributed by atoms with Crippen LogP contribution in [-0.4, -0.2) is 78.2 Å². The van der Waals surface area contributed by atoms with E-state index in [1.54, 1.807) is 13.3 Å². The highest BCUT2D eigenvalue weighted by atomic mass is 35.5. The van der Waals surface area contributed by atoms with Crippen LogP contribution in [0.4, 0.5) is 0 Å². The maximum absolute atomic E-state index is 13.9. The second kappa shape index (κ2) is 15.9. The molecule has 8 nitrogen and oxygen atoms in total. The van der Waals surface area contributed by atoms with Gasteiger partial charge in [0.25, 0.3) is 0 Å². The smallest absolute Gasteiger partial charge is 0.237 e. The van der Waals surface area contributed by atoms with Crippen molar-refractivity contribution in [2.24, 2.45) is 5.92 Å². The third-order valence-corrected chi connectivity index (χ3v) is 16.6. The molecule has 53 heavy (non-hydrogen) atoms. The molecule has 0 radical (unpaired) electrons. The predicted octanol–water partition coefficient (Wildman–Crippen LogP) is 9.47. The van der Waals surface area contributed by atoms with E-state index in [-0.39, 0.29) is 23.3 Å². The molecule has 4 heterocycles. The van der Waals surface area contributed by atoms with Crippen LogP contribution in [0.15, 0.2) is 48.7 Å². The van der Waals surface area contributed by atoms with Crippen molar-refractivity contribution in [3.8, 4) is 28.3 Å². The first-order valence-corrected chi connectivity index (χ1v) is 22.3. The Labute approximate surface area is 326 Å². The monoisotopic (exact) mass is 773 g/mol. The first-order chi connectivity index (χ1) is 25.0. The lowest BCUT2D eigenvalue weighted by atomic mass is 9.95. The van der Waals surface area contributed by atoms with Crippen molar-refractivity contribution in [1.82, 2.24) is 24.8 Å². The molecule has 11 heteroatoms. The van der Waals surface area contributed by atoms with Crippen LogP contribution in [-0.2, 0) is 30.4 Å². The van der Waals surface area contributed by atoms with Gasteiger partial charge in [0.15, 0.2) is 14.1 Å². The van der Waals surface area contributed by atoms with Gasteiger partial charge in [0.1, 0.15) is 11.4 Å². The van der Waals surface area contributed by atoms with Gasteiger partial charge in [-0.25, -0.2) is 9.97 Å². The van der Waals surface area contributed by atoms with Crippen molar-refractivity contribution in [3.63, 3.8) is 0 Å². The number of benzene rings is 2. The molecular formula is C42H53Cl2N5O3Si. The van der Waals surface area contributed by atoms with Crippen LogP contribution in [0, 0.1) is 12.8 Å². The van der Waals surface area contributed by atoms with Crippen LogP contribution in [0.2, 0.25) is 28.2 Å². The number of aryl methyl sites for hydroxylation is 1. The lowest BCUT2D eigenvalue weighted by Gasteiger charge is -2.40. The third-order valence-electron chi connectivity index (χ3n) is 11.1. The zero-order chi connectivity index (χ0) is 38.2. The van der Waals surface area contributed by atoms with Crippen LogP contribution < -0.4 is 4.74 Å². The number of carbonyl (C=O) groups is 1. The average Bonchev–Trinajstić information content (AvgIpc) is 3.08. The van der Waals surface area contributed by atoms with E-state index in [1.807, 2.05) is 42.5 Å². The highest BCUT2D eigenvalue weighted by molar-refractivity contribution is 6.74. The minimum Gasteiger partial charge on any atom is -0.480 e. The zero-order valence-electron chi connectivity index (χ0n) is 32.6. The number of rotatable bonds is 12. The quantitative estimate of drug-likeness (QED) is 0.104. The number of ether oxygens (including phenoxy) is 1. The zero-order valence-corrected chi connectivity index (χ0v) is 35.2. The minimum absolute atomic E-state index is 0.0725. The number of carbonyl (C=O) groups excluding carboxylic acids is 1. The Morgan fingerprint density at radius 3 is 2.38 bits per heavy atom. The molecule has 0 amide bonds. The Morgan fingerprint density at radius 1 is 1.02 bits per heavy atom. The summed E-state index contributed by atoms with van der Waals surface area (Å²) in [7, 11) is -0.259. The summed E-state index contributed by atoms with van der Waals surface area (Å²) in [4.78, 5) is 33.0. The summed E-state index contributed by atoms with van der Waals surface area (Å²) in [5, 5.41) is 1.14. The molecule has 2 aliphatic rings. The van der Waals surface area contributed by atoms with Crippen LogP contribution in [0.3, 0.4) is 0 Å². The Hall–Kier alpha value is -3.18. The van der Waals surface area contributed by atoms with E-state index in [2.05, 4.69) is 64.4 Å². The van der Waals surface area contributed by atoms with Crippen molar-refractivity contribution in [1.29, 1.82) is 0 Å². The Kier molecular flexibility index (Phi) is 11.8. The molecule has 4 aromatic rings. The lowest BCUT2D eigenvalue weighted by Crippen LogP contribution is -2.46. The Bertz CT molecular complexity index is 1990. The maximum Gasteiger partial charge on any atom is 0.237 e. The molecule has 2 aromatic heterocycles. The van der Waals surface area contributed by atoms with E-state index < -0.39 is 8.32 Å². The second-order valence-corrected chi connectivity index (χ2v) is 22.0. The highest BCUT2D eigenvalue weighted by Gasteiger charge is 2.39. The van der Waals surface area contributed by atoms with Crippen molar-refractivity contribution < 1.29 is 14.0 Å². The molecule has 0 saturated carbocycles. The third kappa shape index (κ3) is 8.71. The van der Waals surface area contributed by atoms with Crippen LogP contribution >= 0.6 is 23.2 Å². The van der Waals surface area contributed by atoms with Gasteiger partial charge in [0.05, 0.1) is 40.8 Å². The molecule has 1 atom stereocenters. The summed E-state index contributed by atoms with van der Waals surface area (Å²) in [5.41, 5.74) is 8.14. The highest BCUT2D eigenvalue weighted by Crippen LogP contribution is 2.41. The number of ketones is 1. The molecule has 0 bridgehead atoms. The van der Waals surface area contributed by atoms with Crippen molar-refractivity contribution in [2.75, 3.05) is 33.3 Å². The van der Waals surface area contributed by atoms with Crippen LogP contribution in [0.25, 0.3) is 22.4 Å². The molecule has 6 rings (SSSR count). The number of nitrogens with zero attached hydrogens (tertiary/aromatic N) is 5. The van der Waals surface area contributed by atoms with Crippen LogP contribution in [0.5, 0.6) is 5.88 Å². The number of hydrogen-bond acceptors (Lipinski definition) is 8. The summed E-state index contributed by atoms with van der Waals surface area (Å²) >= 11 is 14.2. The van der Waals surface area contributed by atoms with Gasteiger partial charge in [-0.1, -0.05) is 87.3 Å². The number of aromatic nitrogens is 3. The van der Waals surface area contributed by atoms with E-state index >= 15 is 0 Å². The van der Waals surface area contributed by atoms with Gasteiger partial charge in [0.2, 0.25) is 5.88 Å². The second-order valence-electron chi connectivity index (χ2n) is 16.5. The number of methoxy groups -OCH3 is 1.